The lowest BCUT2D eigenvalue weighted by molar-refractivity contribution is 0.0847. The van der Waals surface area contributed by atoms with Crippen LogP contribution in [0.5, 0.6) is 0 Å². The van der Waals surface area contributed by atoms with Crippen LogP contribution in [0.3, 0.4) is 0 Å². The van der Waals surface area contributed by atoms with Crippen molar-refractivity contribution in [3.05, 3.63) is 24.3 Å². The second-order valence-electron chi connectivity index (χ2n) is 3.44. The number of hydrogen-bond acceptors (Lipinski definition) is 1. The summed E-state index contributed by atoms with van der Waals surface area (Å²) in [6, 6.07) is 0. The molecular weight excluding hydrogens is 136 g/mol. The second kappa shape index (κ2) is 2.82. The zero-order valence-corrected chi connectivity index (χ0v) is 6.86. The lowest BCUT2D eigenvalue weighted by Gasteiger charge is -2.13. The Bertz CT molecular complexity index is 193. The molecule has 0 N–H and O–H groups in total. The molecule has 2 bridgehead atoms. The largest absolute Gasteiger partial charge is 0.381 e. The number of ether oxygens (including phenoxy) is 1. The fourth-order valence-electron chi connectivity index (χ4n) is 2.13. The van der Waals surface area contributed by atoms with Gasteiger partial charge in [0.15, 0.2) is 0 Å². The Balaban J connectivity index is 2.14. The molecule has 0 aromatic rings. The molecule has 0 unspecified atom stereocenters. The average Bonchev–Trinajstić information content (AvgIpc) is 2.22. The third-order valence-electron chi connectivity index (χ3n) is 2.74. The van der Waals surface area contributed by atoms with Crippen molar-refractivity contribution in [2.75, 3.05) is 7.11 Å². The van der Waals surface area contributed by atoms with E-state index in [0.29, 0.717) is 12.0 Å². The summed E-state index contributed by atoms with van der Waals surface area (Å²) in [4.78, 5) is 0. The fourth-order valence-corrected chi connectivity index (χ4v) is 2.13. The first-order valence-corrected chi connectivity index (χ1v) is 4.28. The van der Waals surface area contributed by atoms with Crippen LogP contribution in [0.2, 0.25) is 0 Å². The van der Waals surface area contributed by atoms with Crippen LogP contribution in [0.15, 0.2) is 24.3 Å². The summed E-state index contributed by atoms with van der Waals surface area (Å²) >= 11 is 0. The van der Waals surface area contributed by atoms with E-state index in [1.807, 2.05) is 7.11 Å². The van der Waals surface area contributed by atoms with Gasteiger partial charge >= 0.3 is 0 Å². The standard InChI is InChI=1S/C10H14O/c1-11-10-7-8-4-2-3-5-9(10)6-8/h2-5,8-10H,6-7H2,1H3/t8-,9+,10+/m0/s1. The summed E-state index contributed by atoms with van der Waals surface area (Å²) in [5.74, 6) is 1.43. The van der Waals surface area contributed by atoms with Crippen molar-refractivity contribution < 1.29 is 4.74 Å². The van der Waals surface area contributed by atoms with Crippen LogP contribution in [0.25, 0.3) is 0 Å². The maximum absolute atomic E-state index is 5.40. The highest BCUT2D eigenvalue weighted by Crippen LogP contribution is 2.36. The van der Waals surface area contributed by atoms with Crippen LogP contribution in [0.1, 0.15) is 12.8 Å². The van der Waals surface area contributed by atoms with Crippen molar-refractivity contribution in [1.29, 1.82) is 0 Å². The van der Waals surface area contributed by atoms with E-state index in [9.17, 15) is 0 Å². The molecule has 1 nitrogen and oxygen atoms in total. The third-order valence-corrected chi connectivity index (χ3v) is 2.74. The number of allylic oxidation sites excluding steroid dienone is 3. The minimum absolute atomic E-state index is 0.473. The van der Waals surface area contributed by atoms with E-state index in [4.69, 9.17) is 4.74 Å². The van der Waals surface area contributed by atoms with Gasteiger partial charge in [-0.05, 0) is 18.8 Å². The molecule has 2 rings (SSSR count). The zero-order valence-electron chi connectivity index (χ0n) is 6.86. The highest BCUT2D eigenvalue weighted by Gasteiger charge is 2.31. The SMILES string of the molecule is CO[C@@H]1C[C@H]2C=CC=C[C@@H]1C2. The van der Waals surface area contributed by atoms with Crippen LogP contribution < -0.4 is 0 Å². The van der Waals surface area contributed by atoms with Gasteiger partial charge in [0.25, 0.3) is 0 Å². The monoisotopic (exact) mass is 150 g/mol. The van der Waals surface area contributed by atoms with Crippen molar-refractivity contribution in [2.45, 2.75) is 18.9 Å². The topological polar surface area (TPSA) is 9.23 Å². The van der Waals surface area contributed by atoms with Gasteiger partial charge in [-0.1, -0.05) is 24.3 Å². The van der Waals surface area contributed by atoms with Crippen molar-refractivity contribution >= 4 is 0 Å². The minimum Gasteiger partial charge on any atom is -0.381 e. The smallest absolute Gasteiger partial charge is 0.0639 e. The van der Waals surface area contributed by atoms with E-state index >= 15 is 0 Å². The summed E-state index contributed by atoms with van der Waals surface area (Å²) in [6.07, 6.45) is 11.9. The molecule has 3 atom stereocenters. The molecule has 0 spiro atoms. The van der Waals surface area contributed by atoms with Crippen LogP contribution in [-0.2, 0) is 4.74 Å². The molecule has 0 heterocycles. The Morgan fingerprint density at radius 3 is 2.82 bits per heavy atom. The molecule has 0 radical (unpaired) electrons. The summed E-state index contributed by atoms with van der Waals surface area (Å²) in [7, 11) is 1.82. The Labute approximate surface area is 67.7 Å². The summed E-state index contributed by atoms with van der Waals surface area (Å²) < 4.78 is 5.40. The van der Waals surface area contributed by atoms with Crippen LogP contribution in [-0.4, -0.2) is 13.2 Å². The van der Waals surface area contributed by atoms with Gasteiger partial charge in [0.2, 0.25) is 0 Å². The van der Waals surface area contributed by atoms with Crippen molar-refractivity contribution in [2.24, 2.45) is 11.8 Å². The van der Waals surface area contributed by atoms with Gasteiger partial charge in [0, 0.05) is 13.0 Å². The highest BCUT2D eigenvalue weighted by molar-refractivity contribution is 5.14. The highest BCUT2D eigenvalue weighted by atomic mass is 16.5. The van der Waals surface area contributed by atoms with Gasteiger partial charge in [-0.15, -0.1) is 0 Å². The summed E-state index contributed by atoms with van der Waals surface area (Å²) in [5, 5.41) is 0. The second-order valence-corrected chi connectivity index (χ2v) is 3.44. The zero-order chi connectivity index (χ0) is 7.68. The minimum atomic E-state index is 0.473. The Hall–Kier alpha value is -0.560. The summed E-state index contributed by atoms with van der Waals surface area (Å²) in [6.45, 7) is 0. The lowest BCUT2D eigenvalue weighted by Crippen LogP contribution is -2.14. The quantitative estimate of drug-likeness (QED) is 0.556. The molecule has 2 aliphatic carbocycles. The molecule has 60 valence electrons. The maximum atomic E-state index is 5.40. The van der Waals surface area contributed by atoms with E-state index in [-0.39, 0.29) is 0 Å². The van der Waals surface area contributed by atoms with Gasteiger partial charge < -0.3 is 4.74 Å². The molecule has 2 aliphatic rings. The van der Waals surface area contributed by atoms with Gasteiger partial charge in [-0.3, -0.25) is 0 Å². The number of methoxy groups -OCH3 is 1. The normalized spacial score (nSPS) is 41.0. The molecule has 0 amide bonds. The van der Waals surface area contributed by atoms with E-state index in [0.717, 1.165) is 5.92 Å². The first kappa shape index (κ1) is 7.11. The van der Waals surface area contributed by atoms with Crippen LogP contribution in [0, 0.1) is 11.8 Å². The molecule has 1 heteroatoms. The molecular formula is C10H14O. The molecule has 0 aromatic heterocycles. The van der Waals surface area contributed by atoms with Crippen LogP contribution in [0.4, 0.5) is 0 Å². The van der Waals surface area contributed by atoms with E-state index in [1.54, 1.807) is 0 Å². The van der Waals surface area contributed by atoms with Crippen LogP contribution >= 0.6 is 0 Å². The van der Waals surface area contributed by atoms with E-state index < -0.39 is 0 Å². The van der Waals surface area contributed by atoms with Gasteiger partial charge in [-0.25, -0.2) is 0 Å². The molecule has 11 heavy (non-hydrogen) atoms. The first-order valence-electron chi connectivity index (χ1n) is 4.28. The van der Waals surface area contributed by atoms with Gasteiger partial charge in [-0.2, -0.15) is 0 Å². The predicted octanol–water partition coefficient (Wildman–Crippen LogP) is 2.15. The Morgan fingerprint density at radius 1 is 1.18 bits per heavy atom. The lowest BCUT2D eigenvalue weighted by atomic mass is 10.1. The number of rotatable bonds is 1. The van der Waals surface area contributed by atoms with Gasteiger partial charge in [0.05, 0.1) is 6.10 Å². The van der Waals surface area contributed by atoms with E-state index in [2.05, 4.69) is 24.3 Å². The number of fused-ring (bicyclic) bond motifs is 2. The predicted molar refractivity (Wildman–Crippen MR) is 45.3 cm³/mol. The van der Waals surface area contributed by atoms with Gasteiger partial charge in [0.1, 0.15) is 0 Å². The van der Waals surface area contributed by atoms with E-state index in [1.165, 1.54) is 12.8 Å². The Morgan fingerprint density at radius 2 is 2.00 bits per heavy atom. The fraction of sp³-hybridized carbons (Fsp3) is 0.600. The molecule has 1 saturated carbocycles. The van der Waals surface area contributed by atoms with Crippen molar-refractivity contribution in [1.82, 2.24) is 0 Å². The summed E-state index contributed by atoms with van der Waals surface area (Å²) in [5.41, 5.74) is 0. The Kier molecular flexibility index (Phi) is 1.82. The molecule has 0 aromatic carbocycles. The molecule has 0 saturated heterocycles. The maximum Gasteiger partial charge on any atom is 0.0639 e. The molecule has 0 aliphatic heterocycles. The average molecular weight is 150 g/mol. The molecule has 1 fully saturated rings. The first-order chi connectivity index (χ1) is 5.40. The number of hydrogen-bond donors (Lipinski definition) is 0. The van der Waals surface area contributed by atoms with Crippen molar-refractivity contribution in [3.8, 4) is 0 Å². The van der Waals surface area contributed by atoms with Crippen molar-refractivity contribution in [3.63, 3.8) is 0 Å². The third kappa shape index (κ3) is 1.25.